The molecule has 0 atom stereocenters. The van der Waals surface area contributed by atoms with Gasteiger partial charge in [0, 0.05) is 10.9 Å². The molecule has 0 radical (unpaired) electrons. The Morgan fingerprint density at radius 1 is 0.952 bits per heavy atom. The second kappa shape index (κ2) is 4.77. The monoisotopic (exact) mass is 290 g/mol. The molecule has 1 aromatic heterocycles. The van der Waals surface area contributed by atoms with Gasteiger partial charge in [-0.05, 0) is 24.3 Å². The molecule has 0 saturated carbocycles. The van der Waals surface area contributed by atoms with Crippen molar-refractivity contribution in [2.24, 2.45) is 0 Å². The van der Waals surface area contributed by atoms with Crippen molar-refractivity contribution in [3.05, 3.63) is 71.5 Å². The van der Waals surface area contributed by atoms with Gasteiger partial charge >= 0.3 is 6.18 Å². The number of carbonyl (C=O) groups is 1. The normalized spacial score (nSPS) is 11.8. The van der Waals surface area contributed by atoms with Crippen molar-refractivity contribution in [2.45, 2.75) is 6.18 Å². The van der Waals surface area contributed by atoms with E-state index in [1.54, 1.807) is 24.3 Å². The van der Waals surface area contributed by atoms with Gasteiger partial charge in [-0.3, -0.25) is 4.79 Å². The van der Waals surface area contributed by atoms with Gasteiger partial charge in [-0.25, -0.2) is 0 Å². The summed E-state index contributed by atoms with van der Waals surface area (Å²) in [5.41, 5.74) is -0.388. The average molecular weight is 290 g/mol. The van der Waals surface area contributed by atoms with Gasteiger partial charge in [-0.1, -0.05) is 30.3 Å². The Hall–Kier alpha value is -2.56. The fraction of sp³-hybridized carbons (Fsp3) is 0.0625. The Morgan fingerprint density at radius 3 is 2.43 bits per heavy atom. The third-order valence-electron chi connectivity index (χ3n) is 3.10. The van der Waals surface area contributed by atoms with Crippen LogP contribution in [-0.4, -0.2) is 5.78 Å². The van der Waals surface area contributed by atoms with Gasteiger partial charge in [-0.2, -0.15) is 13.2 Å². The van der Waals surface area contributed by atoms with Crippen LogP contribution in [0.2, 0.25) is 0 Å². The van der Waals surface area contributed by atoms with Crippen LogP contribution >= 0.6 is 0 Å². The van der Waals surface area contributed by atoms with Crippen molar-refractivity contribution >= 4 is 16.8 Å². The Morgan fingerprint density at radius 2 is 1.71 bits per heavy atom. The summed E-state index contributed by atoms with van der Waals surface area (Å²) >= 11 is 0. The van der Waals surface area contributed by atoms with Crippen LogP contribution in [0.1, 0.15) is 21.7 Å². The maximum atomic E-state index is 12.7. The highest BCUT2D eigenvalue weighted by molar-refractivity contribution is 6.09. The molecule has 3 rings (SSSR count). The van der Waals surface area contributed by atoms with E-state index in [9.17, 15) is 18.0 Å². The van der Waals surface area contributed by atoms with Crippen LogP contribution in [-0.2, 0) is 6.18 Å². The van der Waals surface area contributed by atoms with E-state index in [1.165, 1.54) is 18.2 Å². The molecular formula is C16H9F3O2. The van der Waals surface area contributed by atoms with Crippen molar-refractivity contribution < 1.29 is 22.4 Å². The number of hydrogen-bond donors (Lipinski definition) is 0. The Kier molecular flexibility index (Phi) is 3.05. The van der Waals surface area contributed by atoms with E-state index in [0.717, 1.165) is 17.5 Å². The third kappa shape index (κ3) is 2.54. The number of alkyl halides is 3. The van der Waals surface area contributed by atoms with E-state index < -0.39 is 17.5 Å². The molecule has 2 nitrogen and oxygen atoms in total. The fourth-order valence-electron chi connectivity index (χ4n) is 2.07. The number of ketones is 1. The molecule has 0 bridgehead atoms. The minimum Gasteiger partial charge on any atom is -0.453 e. The lowest BCUT2D eigenvalue weighted by atomic mass is 10.1. The number of para-hydroxylation sites is 1. The zero-order chi connectivity index (χ0) is 15.0. The molecule has 0 aliphatic rings. The number of fused-ring (bicyclic) bond motifs is 1. The van der Waals surface area contributed by atoms with E-state index in [4.69, 9.17) is 4.42 Å². The number of benzene rings is 2. The Labute approximate surface area is 117 Å². The van der Waals surface area contributed by atoms with Crippen molar-refractivity contribution in [1.82, 2.24) is 0 Å². The molecule has 2 aromatic carbocycles. The highest BCUT2D eigenvalue weighted by Crippen LogP contribution is 2.30. The van der Waals surface area contributed by atoms with Crippen LogP contribution < -0.4 is 0 Å². The van der Waals surface area contributed by atoms with Gasteiger partial charge in [0.15, 0.2) is 5.76 Å². The summed E-state index contributed by atoms with van der Waals surface area (Å²) in [5.74, 6) is -0.548. The molecule has 0 aliphatic carbocycles. The fourth-order valence-corrected chi connectivity index (χ4v) is 2.07. The molecule has 21 heavy (non-hydrogen) atoms. The number of hydrogen-bond acceptors (Lipinski definition) is 2. The molecule has 0 amide bonds. The summed E-state index contributed by atoms with van der Waals surface area (Å²) in [6.45, 7) is 0. The molecule has 0 fully saturated rings. The summed E-state index contributed by atoms with van der Waals surface area (Å²) in [7, 11) is 0. The minimum atomic E-state index is -4.48. The summed E-state index contributed by atoms with van der Waals surface area (Å²) in [6, 6.07) is 12.8. The zero-order valence-corrected chi connectivity index (χ0v) is 10.6. The first-order chi connectivity index (χ1) is 9.95. The lowest BCUT2D eigenvalue weighted by molar-refractivity contribution is -0.137. The topological polar surface area (TPSA) is 30.2 Å². The van der Waals surface area contributed by atoms with E-state index >= 15 is 0 Å². The molecule has 106 valence electrons. The summed E-state index contributed by atoms with van der Waals surface area (Å²) < 4.78 is 43.4. The molecular weight excluding hydrogens is 281 g/mol. The van der Waals surface area contributed by atoms with Gasteiger partial charge in [-0.15, -0.1) is 0 Å². The van der Waals surface area contributed by atoms with Gasteiger partial charge in [0.05, 0.1) is 5.56 Å². The van der Waals surface area contributed by atoms with Gasteiger partial charge < -0.3 is 4.42 Å². The molecule has 5 heteroatoms. The molecule has 0 spiro atoms. The maximum absolute atomic E-state index is 12.7. The summed E-state index contributed by atoms with van der Waals surface area (Å²) in [4.78, 5) is 12.2. The first kappa shape index (κ1) is 13.4. The SMILES string of the molecule is O=C(c1cccc(C(F)(F)F)c1)c1cc2ccccc2o1. The van der Waals surface area contributed by atoms with Crippen molar-refractivity contribution in [3.63, 3.8) is 0 Å². The van der Waals surface area contributed by atoms with E-state index in [1.807, 2.05) is 0 Å². The number of halogens is 3. The number of rotatable bonds is 2. The largest absolute Gasteiger partial charge is 0.453 e. The molecule has 0 N–H and O–H groups in total. The van der Waals surface area contributed by atoms with Crippen LogP contribution in [0.4, 0.5) is 13.2 Å². The van der Waals surface area contributed by atoms with Gasteiger partial charge in [0.1, 0.15) is 5.58 Å². The first-order valence-electron chi connectivity index (χ1n) is 6.16. The van der Waals surface area contributed by atoms with Crippen LogP contribution in [0, 0.1) is 0 Å². The zero-order valence-electron chi connectivity index (χ0n) is 10.6. The van der Waals surface area contributed by atoms with Crippen LogP contribution in [0.25, 0.3) is 11.0 Å². The van der Waals surface area contributed by atoms with Crippen LogP contribution in [0.3, 0.4) is 0 Å². The van der Waals surface area contributed by atoms with Crippen molar-refractivity contribution in [1.29, 1.82) is 0 Å². The molecule has 0 saturated heterocycles. The summed E-state index contributed by atoms with van der Waals surface area (Å²) in [5, 5.41) is 0.729. The van der Waals surface area contributed by atoms with Crippen molar-refractivity contribution in [2.75, 3.05) is 0 Å². The molecule has 3 aromatic rings. The second-order valence-corrected chi connectivity index (χ2v) is 4.56. The Bertz CT molecular complexity index is 783. The maximum Gasteiger partial charge on any atom is 0.416 e. The molecule has 0 unspecified atom stereocenters. The smallest absolute Gasteiger partial charge is 0.416 e. The van der Waals surface area contributed by atoms with E-state index in [-0.39, 0.29) is 11.3 Å². The highest BCUT2D eigenvalue weighted by Gasteiger charge is 2.31. The van der Waals surface area contributed by atoms with Crippen molar-refractivity contribution in [3.8, 4) is 0 Å². The first-order valence-corrected chi connectivity index (χ1v) is 6.16. The highest BCUT2D eigenvalue weighted by atomic mass is 19.4. The molecule has 0 aliphatic heterocycles. The standard InChI is InChI=1S/C16H9F3O2/c17-16(18,19)12-6-3-5-11(8-12)15(20)14-9-10-4-1-2-7-13(10)21-14/h1-9H. The van der Waals surface area contributed by atoms with E-state index in [2.05, 4.69) is 0 Å². The quantitative estimate of drug-likeness (QED) is 0.641. The predicted molar refractivity (Wildman–Crippen MR) is 71.1 cm³/mol. The minimum absolute atomic E-state index is 0.0236. The Balaban J connectivity index is 2.02. The number of furan rings is 1. The lowest BCUT2D eigenvalue weighted by Crippen LogP contribution is -2.07. The summed E-state index contributed by atoms with van der Waals surface area (Å²) in [6.07, 6.45) is -4.48. The lowest BCUT2D eigenvalue weighted by Gasteiger charge is -2.07. The third-order valence-corrected chi connectivity index (χ3v) is 3.10. The predicted octanol–water partition coefficient (Wildman–Crippen LogP) is 4.68. The van der Waals surface area contributed by atoms with E-state index in [0.29, 0.717) is 5.58 Å². The van der Waals surface area contributed by atoms with Crippen LogP contribution in [0.15, 0.2) is 59.0 Å². The van der Waals surface area contributed by atoms with Gasteiger partial charge in [0.25, 0.3) is 0 Å². The number of carbonyl (C=O) groups excluding carboxylic acids is 1. The average Bonchev–Trinajstić information content (AvgIpc) is 2.89. The second-order valence-electron chi connectivity index (χ2n) is 4.56. The van der Waals surface area contributed by atoms with Gasteiger partial charge in [0.2, 0.25) is 5.78 Å². The molecule has 1 heterocycles. The van der Waals surface area contributed by atoms with Crippen LogP contribution in [0.5, 0.6) is 0 Å².